The van der Waals surface area contributed by atoms with Crippen molar-refractivity contribution in [2.24, 2.45) is 4.99 Å². The smallest absolute Gasteiger partial charge is 0.191 e. The lowest BCUT2D eigenvalue weighted by Gasteiger charge is -2.12. The molecule has 0 saturated heterocycles. The zero-order chi connectivity index (χ0) is 18.2. The van der Waals surface area contributed by atoms with Gasteiger partial charge in [-0.05, 0) is 31.5 Å². The average molecular weight is 350 g/mol. The van der Waals surface area contributed by atoms with Gasteiger partial charge in [-0.25, -0.2) is 13.8 Å². The van der Waals surface area contributed by atoms with E-state index in [0.717, 1.165) is 48.1 Å². The number of nitrogens with one attached hydrogen (secondary N) is 2. The summed E-state index contributed by atoms with van der Waals surface area (Å²) >= 11 is 0. The van der Waals surface area contributed by atoms with Crippen molar-refractivity contribution < 1.29 is 13.3 Å². The number of nitrogens with zero attached hydrogens (tertiary/aromatic N) is 2. The first-order valence-electron chi connectivity index (χ1n) is 8.51. The maximum atomic E-state index is 13.7. The van der Waals surface area contributed by atoms with Crippen LogP contribution in [0.3, 0.4) is 0 Å². The minimum absolute atomic E-state index is 0.0455. The quantitative estimate of drug-likeness (QED) is 0.594. The van der Waals surface area contributed by atoms with E-state index in [1.807, 2.05) is 20.8 Å². The van der Waals surface area contributed by atoms with E-state index in [1.165, 1.54) is 0 Å². The van der Waals surface area contributed by atoms with Gasteiger partial charge >= 0.3 is 0 Å². The molecule has 2 N–H and O–H groups in total. The topological polar surface area (TPSA) is 62.5 Å². The van der Waals surface area contributed by atoms with E-state index in [1.54, 1.807) is 0 Å². The van der Waals surface area contributed by atoms with Crippen LogP contribution in [-0.2, 0) is 25.9 Å². The highest BCUT2D eigenvalue weighted by Gasteiger charge is 2.13. The van der Waals surface area contributed by atoms with Crippen LogP contribution < -0.4 is 10.6 Å². The summed E-state index contributed by atoms with van der Waals surface area (Å²) in [5.41, 5.74) is 2.15. The number of aliphatic imine (C=N–C) groups is 1. The second kappa shape index (κ2) is 9.15. The van der Waals surface area contributed by atoms with Gasteiger partial charge in [-0.2, -0.15) is 0 Å². The number of rotatable bonds is 7. The highest BCUT2D eigenvalue weighted by atomic mass is 19.1. The second-order valence-electron chi connectivity index (χ2n) is 5.52. The Morgan fingerprint density at radius 2 is 1.96 bits per heavy atom. The molecule has 0 atom stereocenters. The molecule has 5 nitrogen and oxygen atoms in total. The molecular formula is C18H24F2N4O. The zero-order valence-corrected chi connectivity index (χ0v) is 14.8. The van der Waals surface area contributed by atoms with Crippen molar-refractivity contribution in [3.8, 4) is 0 Å². The first-order valence-corrected chi connectivity index (χ1v) is 8.51. The predicted octanol–water partition coefficient (Wildman–Crippen LogP) is 3.33. The van der Waals surface area contributed by atoms with Gasteiger partial charge in [-0.1, -0.05) is 19.0 Å². The molecule has 0 radical (unpaired) electrons. The lowest BCUT2D eigenvalue weighted by molar-refractivity contribution is 0.380. The van der Waals surface area contributed by atoms with E-state index in [9.17, 15) is 8.78 Å². The van der Waals surface area contributed by atoms with Gasteiger partial charge in [-0.3, -0.25) is 0 Å². The van der Waals surface area contributed by atoms with Gasteiger partial charge in [0.25, 0.3) is 0 Å². The summed E-state index contributed by atoms with van der Waals surface area (Å²) in [5, 5.41) is 10.4. The molecule has 0 aliphatic carbocycles. The van der Waals surface area contributed by atoms with Crippen LogP contribution in [0.5, 0.6) is 0 Å². The molecule has 2 rings (SSSR count). The summed E-state index contributed by atoms with van der Waals surface area (Å²) in [5.74, 6) is 0.420. The third-order valence-electron chi connectivity index (χ3n) is 3.80. The maximum absolute atomic E-state index is 13.7. The van der Waals surface area contributed by atoms with E-state index in [-0.39, 0.29) is 12.1 Å². The van der Waals surface area contributed by atoms with E-state index < -0.39 is 11.6 Å². The normalized spacial score (nSPS) is 11.6. The maximum Gasteiger partial charge on any atom is 0.191 e. The summed E-state index contributed by atoms with van der Waals surface area (Å²) in [6.07, 6.45) is 1.54. The van der Waals surface area contributed by atoms with Crippen LogP contribution in [-0.4, -0.2) is 17.7 Å². The molecule has 1 aromatic carbocycles. The molecule has 25 heavy (non-hydrogen) atoms. The Morgan fingerprint density at radius 3 is 2.64 bits per heavy atom. The zero-order valence-electron chi connectivity index (χ0n) is 14.8. The van der Waals surface area contributed by atoms with E-state index in [4.69, 9.17) is 4.52 Å². The molecule has 0 spiro atoms. The monoisotopic (exact) mass is 350 g/mol. The number of aromatic nitrogens is 1. The Bertz CT molecular complexity index is 706. The first-order chi connectivity index (χ1) is 12.1. The van der Waals surface area contributed by atoms with Crippen molar-refractivity contribution in [2.75, 3.05) is 6.54 Å². The molecule has 136 valence electrons. The van der Waals surface area contributed by atoms with E-state index >= 15 is 0 Å². The molecule has 0 unspecified atom stereocenters. The number of benzene rings is 1. The number of hydrogen-bond donors (Lipinski definition) is 2. The summed E-state index contributed by atoms with van der Waals surface area (Å²) in [4.78, 5) is 4.33. The van der Waals surface area contributed by atoms with Gasteiger partial charge < -0.3 is 15.2 Å². The minimum Gasteiger partial charge on any atom is -0.361 e. The van der Waals surface area contributed by atoms with Crippen molar-refractivity contribution in [2.45, 2.75) is 46.7 Å². The molecule has 0 fully saturated rings. The second-order valence-corrected chi connectivity index (χ2v) is 5.52. The van der Waals surface area contributed by atoms with E-state index in [0.29, 0.717) is 19.0 Å². The third-order valence-corrected chi connectivity index (χ3v) is 3.80. The van der Waals surface area contributed by atoms with Gasteiger partial charge in [0.05, 0.1) is 12.2 Å². The summed E-state index contributed by atoms with van der Waals surface area (Å²) in [6, 6.07) is 3.36. The van der Waals surface area contributed by atoms with Crippen LogP contribution in [0.2, 0.25) is 0 Å². The lowest BCUT2D eigenvalue weighted by atomic mass is 10.1. The summed E-state index contributed by atoms with van der Waals surface area (Å²) in [6.45, 7) is 7.18. The fourth-order valence-corrected chi connectivity index (χ4v) is 2.48. The van der Waals surface area contributed by atoms with Crippen molar-refractivity contribution in [3.05, 3.63) is 52.4 Å². The summed E-state index contributed by atoms with van der Waals surface area (Å²) < 4.78 is 32.3. The number of guanidine groups is 1. The van der Waals surface area contributed by atoms with Crippen molar-refractivity contribution in [1.82, 2.24) is 15.8 Å². The Hall–Kier alpha value is -2.44. The molecule has 0 amide bonds. The predicted molar refractivity (Wildman–Crippen MR) is 93.3 cm³/mol. The van der Waals surface area contributed by atoms with Crippen molar-refractivity contribution >= 4 is 5.96 Å². The highest BCUT2D eigenvalue weighted by molar-refractivity contribution is 5.79. The molecular weight excluding hydrogens is 326 g/mol. The number of aryl methyl sites for hydroxylation is 2. The van der Waals surface area contributed by atoms with Crippen molar-refractivity contribution in [3.63, 3.8) is 0 Å². The van der Waals surface area contributed by atoms with Gasteiger partial charge in [0.2, 0.25) is 0 Å². The fraction of sp³-hybridized carbons (Fsp3) is 0.444. The SMILES string of the molecule is CCNC(=NCc1cc(F)ccc1F)NCc1c(CC)noc1CC. The molecule has 7 heteroatoms. The van der Waals surface area contributed by atoms with Crippen LogP contribution in [0.15, 0.2) is 27.7 Å². The molecule has 2 aromatic rings. The standard InChI is InChI=1S/C18H24F2N4O/c1-4-16-14(17(5-2)25-24-16)11-23-18(21-6-3)22-10-12-9-13(19)7-8-15(12)20/h7-9H,4-6,10-11H2,1-3H3,(H2,21,22,23). The largest absolute Gasteiger partial charge is 0.361 e. The van der Waals surface area contributed by atoms with Crippen LogP contribution in [0.4, 0.5) is 8.78 Å². The molecule has 0 aliphatic heterocycles. The van der Waals surface area contributed by atoms with Crippen LogP contribution in [0, 0.1) is 11.6 Å². The highest BCUT2D eigenvalue weighted by Crippen LogP contribution is 2.15. The third kappa shape index (κ3) is 5.01. The summed E-state index contributed by atoms with van der Waals surface area (Å²) in [7, 11) is 0. The Labute approximate surface area is 146 Å². The molecule has 0 aliphatic rings. The number of hydrogen-bond acceptors (Lipinski definition) is 3. The molecule has 1 heterocycles. The van der Waals surface area contributed by atoms with Gasteiger partial charge in [0.1, 0.15) is 17.4 Å². The number of halogens is 2. The lowest BCUT2D eigenvalue weighted by Crippen LogP contribution is -2.37. The van der Waals surface area contributed by atoms with Crippen LogP contribution >= 0.6 is 0 Å². The fourth-order valence-electron chi connectivity index (χ4n) is 2.48. The van der Waals surface area contributed by atoms with E-state index in [2.05, 4.69) is 20.8 Å². The Kier molecular flexibility index (Phi) is 6.91. The molecule has 1 aromatic heterocycles. The van der Waals surface area contributed by atoms with Crippen molar-refractivity contribution in [1.29, 1.82) is 0 Å². The van der Waals surface area contributed by atoms with Crippen LogP contribution in [0.25, 0.3) is 0 Å². The first kappa shape index (κ1) is 18.9. The Balaban J connectivity index is 2.10. The molecule has 0 bridgehead atoms. The van der Waals surface area contributed by atoms with Gasteiger partial charge in [0, 0.05) is 30.6 Å². The Morgan fingerprint density at radius 1 is 1.16 bits per heavy atom. The minimum atomic E-state index is -0.478. The molecule has 0 saturated carbocycles. The van der Waals surface area contributed by atoms with Crippen LogP contribution in [0.1, 0.15) is 43.4 Å². The van der Waals surface area contributed by atoms with Gasteiger partial charge in [0.15, 0.2) is 5.96 Å². The van der Waals surface area contributed by atoms with Gasteiger partial charge in [-0.15, -0.1) is 0 Å². The average Bonchev–Trinajstić information content (AvgIpc) is 3.02.